The Morgan fingerprint density at radius 1 is 1.13 bits per heavy atom. The van der Waals surface area contributed by atoms with Crippen LogP contribution in [0.2, 0.25) is 0 Å². The highest BCUT2D eigenvalue weighted by atomic mass is 16.6. The first-order valence-corrected chi connectivity index (χ1v) is 14.7. The van der Waals surface area contributed by atoms with Crippen molar-refractivity contribution < 1.29 is 24.2 Å². The van der Waals surface area contributed by atoms with Gasteiger partial charge in [0.05, 0.1) is 0 Å². The number of Topliss-reactive ketones (excluding diaryl/α,β-unsaturated/α-hetero) is 1. The number of carbonyl (C=O) groups is 2. The Morgan fingerprint density at radius 2 is 1.85 bits per heavy atom. The summed E-state index contributed by atoms with van der Waals surface area (Å²) in [5.74, 6) is 0.714. The first kappa shape index (κ1) is 25.5. The third-order valence-electron chi connectivity index (χ3n) is 11.6. The lowest BCUT2D eigenvalue weighted by molar-refractivity contribution is -0.228. The number of rotatable bonds is 1. The van der Waals surface area contributed by atoms with Gasteiger partial charge in [-0.15, -0.1) is 6.58 Å². The number of hydrogen-bond donors (Lipinski definition) is 2. The highest BCUT2D eigenvalue weighted by Gasteiger charge is 2.71. The molecule has 0 aromatic heterocycles. The van der Waals surface area contributed by atoms with Gasteiger partial charge in [0.15, 0.2) is 11.5 Å². The molecule has 0 spiro atoms. The van der Waals surface area contributed by atoms with Crippen molar-refractivity contribution in [3.63, 3.8) is 0 Å². The Balaban J connectivity index is 1.44. The second-order valence-electron chi connectivity index (χ2n) is 14.3. The van der Waals surface area contributed by atoms with E-state index in [2.05, 4.69) is 52.6 Å². The molecule has 6 nitrogen and oxygen atoms in total. The van der Waals surface area contributed by atoms with Gasteiger partial charge in [-0.3, -0.25) is 9.59 Å². The molecule has 6 heterocycles. The first-order chi connectivity index (χ1) is 18.4. The number of aliphatic hydroxyl groups is 1. The van der Waals surface area contributed by atoms with Gasteiger partial charge < -0.3 is 19.9 Å². The fraction of sp³-hybridized carbons (Fsp3) is 0.636. The lowest BCUT2D eigenvalue weighted by Crippen LogP contribution is -2.64. The van der Waals surface area contributed by atoms with Crippen LogP contribution < -0.4 is 10.1 Å². The zero-order valence-electron chi connectivity index (χ0n) is 23.6. The molecule has 1 amide bonds. The first-order valence-electron chi connectivity index (χ1n) is 14.7. The van der Waals surface area contributed by atoms with E-state index in [1.807, 2.05) is 30.3 Å². The number of ketones is 1. The van der Waals surface area contributed by atoms with Gasteiger partial charge in [-0.25, -0.2) is 0 Å². The fourth-order valence-electron chi connectivity index (χ4n) is 10.6. The summed E-state index contributed by atoms with van der Waals surface area (Å²) in [6.45, 7) is 15.7. The van der Waals surface area contributed by atoms with Crippen molar-refractivity contribution in [1.82, 2.24) is 5.32 Å². The summed E-state index contributed by atoms with van der Waals surface area (Å²) in [4.78, 5) is 27.9. The van der Waals surface area contributed by atoms with Crippen LogP contribution in [0.5, 0.6) is 5.75 Å². The van der Waals surface area contributed by atoms with E-state index < -0.39 is 35.2 Å². The maximum atomic E-state index is 14.7. The lowest BCUT2D eigenvalue weighted by atomic mass is 9.53. The van der Waals surface area contributed by atoms with Crippen LogP contribution in [0.4, 0.5) is 0 Å². The molecule has 9 aliphatic rings. The number of hydrogen-bond acceptors (Lipinski definition) is 5. The summed E-state index contributed by atoms with van der Waals surface area (Å²) in [5, 5.41) is 14.2. The normalized spacial score (nSPS) is 51.5. The van der Waals surface area contributed by atoms with Crippen molar-refractivity contribution in [2.45, 2.75) is 77.9 Å². The summed E-state index contributed by atoms with van der Waals surface area (Å²) < 4.78 is 13.2. The van der Waals surface area contributed by atoms with Gasteiger partial charge in [0.25, 0.3) is 0 Å². The third kappa shape index (κ3) is 3.28. The second kappa shape index (κ2) is 8.07. The van der Waals surface area contributed by atoms with E-state index in [0.717, 1.165) is 24.2 Å². The maximum absolute atomic E-state index is 14.7. The summed E-state index contributed by atoms with van der Waals surface area (Å²) in [7, 11) is 0. The molecule has 4 fully saturated rings. The number of allylic oxidation sites excluding steroid dienone is 3. The summed E-state index contributed by atoms with van der Waals surface area (Å²) in [6, 6.07) is 7.88. The van der Waals surface area contributed by atoms with Gasteiger partial charge in [0, 0.05) is 29.6 Å². The van der Waals surface area contributed by atoms with Crippen LogP contribution in [0, 0.1) is 52.3 Å². The van der Waals surface area contributed by atoms with Crippen molar-refractivity contribution in [2.75, 3.05) is 0 Å². The Morgan fingerprint density at radius 3 is 2.54 bits per heavy atom. The molecule has 2 saturated carbocycles. The van der Waals surface area contributed by atoms with Gasteiger partial charge >= 0.3 is 0 Å². The van der Waals surface area contributed by atoms with E-state index >= 15 is 0 Å². The Labute approximate surface area is 231 Å². The van der Waals surface area contributed by atoms with Crippen molar-refractivity contribution in [3.05, 3.63) is 54.1 Å². The van der Waals surface area contributed by atoms with Crippen molar-refractivity contribution >= 4 is 11.7 Å². The zero-order valence-corrected chi connectivity index (χ0v) is 23.6. The second-order valence-corrected chi connectivity index (χ2v) is 14.3. The van der Waals surface area contributed by atoms with Crippen molar-refractivity contribution in [3.8, 4) is 5.75 Å². The Kier molecular flexibility index (Phi) is 5.28. The SMILES string of the molecule is C=CC1(C)C=C(C)C2C3C(Oc4ccc(cc4)CC4(O)NC(=O)C5C(OC54)C(=O)C31)C1C(C)CC(C)CC21C. The number of amides is 1. The predicted molar refractivity (Wildman–Crippen MR) is 147 cm³/mol. The number of nitrogens with one attached hydrogen (secondary N) is 1. The molecular formula is C33H41NO5. The smallest absolute Gasteiger partial charge is 0.231 e. The highest BCUT2D eigenvalue weighted by Crippen LogP contribution is 2.68. The topological polar surface area (TPSA) is 84.9 Å². The Bertz CT molecular complexity index is 1290. The highest BCUT2D eigenvalue weighted by molar-refractivity contribution is 5.96. The van der Waals surface area contributed by atoms with Crippen LogP contribution in [0.1, 0.15) is 53.0 Å². The lowest BCUT2D eigenvalue weighted by Gasteiger charge is -2.51. The van der Waals surface area contributed by atoms with E-state index in [9.17, 15) is 14.7 Å². The van der Waals surface area contributed by atoms with Gasteiger partial charge in [0.2, 0.25) is 5.91 Å². The van der Waals surface area contributed by atoms with E-state index in [1.54, 1.807) is 0 Å². The maximum Gasteiger partial charge on any atom is 0.231 e. The van der Waals surface area contributed by atoms with Gasteiger partial charge in [0.1, 0.15) is 30.0 Å². The van der Waals surface area contributed by atoms with Gasteiger partial charge in [-0.2, -0.15) is 0 Å². The molecule has 13 unspecified atom stereocenters. The molecule has 6 heteroatoms. The van der Waals surface area contributed by atoms with Gasteiger partial charge in [-0.1, -0.05) is 57.6 Å². The standard InChI is InChI=1S/C33H41NO5/c1-7-31(5)14-18(4)23-21-25(31)26(35)28-22-29(39-28)33(37,34-30(22)36)15-19-8-10-20(11-9-19)38-27(21)24-17(3)12-16(2)13-32(23,24)6/h7-11,14,16-17,21-25,27-29,37H,1,12-13,15H2,2-6H3,(H,34,36). The molecule has 3 aliphatic carbocycles. The summed E-state index contributed by atoms with van der Waals surface area (Å²) >= 11 is 0. The van der Waals surface area contributed by atoms with Crippen LogP contribution >= 0.6 is 0 Å². The molecule has 13 atom stereocenters. The van der Waals surface area contributed by atoms with Crippen LogP contribution in [0.15, 0.2) is 48.6 Å². The average molecular weight is 532 g/mol. The molecule has 2 N–H and O–H groups in total. The molecule has 208 valence electrons. The van der Waals surface area contributed by atoms with E-state index in [-0.39, 0.29) is 47.4 Å². The van der Waals surface area contributed by atoms with Crippen LogP contribution in [0.3, 0.4) is 0 Å². The van der Waals surface area contributed by atoms with Gasteiger partial charge in [-0.05, 0) is 60.6 Å². The number of benzene rings is 1. The third-order valence-corrected chi connectivity index (χ3v) is 11.6. The predicted octanol–water partition coefficient (Wildman–Crippen LogP) is 4.46. The average Bonchev–Trinajstić information content (AvgIpc) is 3.17. The number of carbonyl (C=O) groups excluding carboxylic acids is 2. The number of ether oxygens (including phenoxy) is 2. The van der Waals surface area contributed by atoms with Crippen molar-refractivity contribution in [1.29, 1.82) is 0 Å². The summed E-state index contributed by atoms with van der Waals surface area (Å²) in [5.41, 5.74) is 0.0219. The molecular weight excluding hydrogens is 490 g/mol. The van der Waals surface area contributed by atoms with E-state index in [4.69, 9.17) is 9.47 Å². The molecule has 39 heavy (non-hydrogen) atoms. The molecule has 2 saturated heterocycles. The molecule has 6 bridgehead atoms. The molecule has 1 aromatic carbocycles. The molecule has 1 aromatic rings. The molecule has 0 radical (unpaired) electrons. The minimum Gasteiger partial charge on any atom is -0.490 e. The quantitative estimate of drug-likeness (QED) is 0.523. The van der Waals surface area contributed by atoms with Crippen molar-refractivity contribution in [2.24, 2.45) is 52.3 Å². The monoisotopic (exact) mass is 531 g/mol. The minimum atomic E-state index is -1.54. The number of fused-ring (bicyclic) bond motifs is 2. The van der Waals surface area contributed by atoms with Crippen LogP contribution in [0.25, 0.3) is 0 Å². The van der Waals surface area contributed by atoms with E-state index in [0.29, 0.717) is 11.8 Å². The Hall–Kier alpha value is -2.44. The summed E-state index contributed by atoms with van der Waals surface area (Å²) in [6.07, 6.45) is 4.84. The van der Waals surface area contributed by atoms with E-state index in [1.165, 1.54) is 5.57 Å². The molecule has 6 aliphatic heterocycles. The largest absolute Gasteiger partial charge is 0.490 e. The molecule has 10 rings (SSSR count). The zero-order chi connectivity index (χ0) is 27.6. The fourth-order valence-corrected chi connectivity index (χ4v) is 10.6. The van der Waals surface area contributed by atoms with Crippen LogP contribution in [-0.4, -0.2) is 40.8 Å². The minimum absolute atomic E-state index is 0.0179. The van der Waals surface area contributed by atoms with Crippen LogP contribution in [-0.2, 0) is 20.7 Å².